The SMILES string of the molecule is Cc1ccccc1CS(=O)(=O)Nc1ccc2ocnc2c1. The molecule has 1 N–H and O–H groups in total. The topological polar surface area (TPSA) is 72.2 Å². The number of nitrogens with zero attached hydrogens (tertiary/aromatic N) is 1. The molecule has 0 aliphatic rings. The number of oxazole rings is 1. The number of hydrogen-bond acceptors (Lipinski definition) is 4. The fourth-order valence-corrected chi connectivity index (χ4v) is 3.41. The maximum Gasteiger partial charge on any atom is 0.236 e. The van der Waals surface area contributed by atoms with E-state index in [1.165, 1.54) is 6.39 Å². The van der Waals surface area contributed by atoms with Crippen LogP contribution in [0.2, 0.25) is 0 Å². The minimum absolute atomic E-state index is 0.0590. The third kappa shape index (κ3) is 3.05. The molecule has 0 saturated carbocycles. The van der Waals surface area contributed by atoms with Crippen LogP contribution in [0.25, 0.3) is 11.1 Å². The summed E-state index contributed by atoms with van der Waals surface area (Å²) in [6.45, 7) is 1.90. The Labute approximate surface area is 122 Å². The first-order valence-electron chi connectivity index (χ1n) is 6.42. The Morgan fingerprint density at radius 2 is 2.00 bits per heavy atom. The van der Waals surface area contributed by atoms with Gasteiger partial charge in [0.25, 0.3) is 0 Å². The van der Waals surface area contributed by atoms with Gasteiger partial charge in [0.2, 0.25) is 10.0 Å². The third-order valence-electron chi connectivity index (χ3n) is 3.21. The number of hydrogen-bond donors (Lipinski definition) is 1. The number of nitrogens with one attached hydrogen (secondary N) is 1. The van der Waals surface area contributed by atoms with Crippen LogP contribution >= 0.6 is 0 Å². The fraction of sp³-hybridized carbons (Fsp3) is 0.133. The zero-order valence-electron chi connectivity index (χ0n) is 11.4. The van der Waals surface area contributed by atoms with Gasteiger partial charge in [-0.25, -0.2) is 13.4 Å². The predicted molar refractivity (Wildman–Crippen MR) is 81.4 cm³/mol. The van der Waals surface area contributed by atoms with Gasteiger partial charge in [-0.3, -0.25) is 4.72 Å². The van der Waals surface area contributed by atoms with Crippen molar-refractivity contribution in [3.63, 3.8) is 0 Å². The molecule has 0 spiro atoms. The molecule has 1 heterocycles. The van der Waals surface area contributed by atoms with Crippen LogP contribution in [-0.2, 0) is 15.8 Å². The number of aryl methyl sites for hydroxylation is 1. The summed E-state index contributed by atoms with van der Waals surface area (Å²) in [7, 11) is -3.47. The van der Waals surface area contributed by atoms with E-state index in [2.05, 4.69) is 9.71 Å². The highest BCUT2D eigenvalue weighted by Crippen LogP contribution is 2.20. The molecule has 0 bridgehead atoms. The molecule has 108 valence electrons. The molecule has 0 amide bonds. The van der Waals surface area contributed by atoms with Gasteiger partial charge in [0.1, 0.15) is 5.52 Å². The Morgan fingerprint density at radius 3 is 2.81 bits per heavy atom. The molecule has 0 fully saturated rings. The molecule has 0 unspecified atom stereocenters. The molecule has 2 aromatic carbocycles. The summed E-state index contributed by atoms with van der Waals surface area (Å²) in [6, 6.07) is 12.4. The van der Waals surface area contributed by atoms with Crippen molar-refractivity contribution in [3.05, 3.63) is 60.0 Å². The lowest BCUT2D eigenvalue weighted by Crippen LogP contribution is -2.15. The average molecular weight is 302 g/mol. The lowest BCUT2D eigenvalue weighted by molar-refractivity contribution is 0.599. The van der Waals surface area contributed by atoms with E-state index < -0.39 is 10.0 Å². The Balaban J connectivity index is 1.84. The number of anilines is 1. The van der Waals surface area contributed by atoms with Gasteiger partial charge < -0.3 is 4.42 Å². The Hall–Kier alpha value is -2.34. The Kier molecular flexibility index (Phi) is 3.39. The number of aromatic nitrogens is 1. The molecule has 21 heavy (non-hydrogen) atoms. The summed E-state index contributed by atoms with van der Waals surface area (Å²) in [4.78, 5) is 4.01. The van der Waals surface area contributed by atoms with Crippen molar-refractivity contribution in [3.8, 4) is 0 Å². The van der Waals surface area contributed by atoms with Gasteiger partial charge in [-0.1, -0.05) is 24.3 Å². The number of fused-ring (bicyclic) bond motifs is 1. The Morgan fingerprint density at radius 1 is 1.19 bits per heavy atom. The quantitative estimate of drug-likeness (QED) is 0.804. The van der Waals surface area contributed by atoms with E-state index in [9.17, 15) is 8.42 Å². The largest absolute Gasteiger partial charge is 0.443 e. The molecule has 5 nitrogen and oxygen atoms in total. The first-order chi connectivity index (χ1) is 10.0. The van der Waals surface area contributed by atoms with E-state index in [4.69, 9.17) is 4.42 Å². The number of rotatable bonds is 4. The second-order valence-electron chi connectivity index (χ2n) is 4.82. The summed E-state index contributed by atoms with van der Waals surface area (Å²) in [5.74, 6) is -0.0590. The molecule has 3 rings (SSSR count). The monoisotopic (exact) mass is 302 g/mol. The van der Waals surface area contributed by atoms with Gasteiger partial charge in [-0.05, 0) is 36.2 Å². The fourth-order valence-electron chi connectivity index (χ4n) is 2.11. The third-order valence-corrected chi connectivity index (χ3v) is 4.45. The number of sulfonamides is 1. The normalized spacial score (nSPS) is 11.7. The maximum atomic E-state index is 12.2. The first-order valence-corrected chi connectivity index (χ1v) is 8.07. The van der Waals surface area contributed by atoms with Crippen LogP contribution in [0.5, 0.6) is 0 Å². The van der Waals surface area contributed by atoms with Crippen LogP contribution in [0, 0.1) is 6.92 Å². The van der Waals surface area contributed by atoms with Crippen molar-refractivity contribution in [2.75, 3.05) is 4.72 Å². The molecule has 0 aliphatic heterocycles. The van der Waals surface area contributed by atoms with Crippen molar-refractivity contribution in [1.29, 1.82) is 0 Å². The van der Waals surface area contributed by atoms with Gasteiger partial charge in [-0.15, -0.1) is 0 Å². The molecular weight excluding hydrogens is 288 g/mol. The van der Waals surface area contributed by atoms with Crippen LogP contribution in [0.4, 0.5) is 5.69 Å². The standard InChI is InChI=1S/C15H14N2O3S/c1-11-4-2-3-5-12(11)9-21(18,19)17-13-6-7-15-14(8-13)16-10-20-15/h2-8,10,17H,9H2,1H3. The van der Waals surface area contributed by atoms with Crippen LogP contribution < -0.4 is 4.72 Å². The summed E-state index contributed by atoms with van der Waals surface area (Å²) in [5.41, 5.74) is 3.45. The van der Waals surface area contributed by atoms with E-state index >= 15 is 0 Å². The molecule has 0 radical (unpaired) electrons. The van der Waals surface area contributed by atoms with Crippen LogP contribution in [0.15, 0.2) is 53.3 Å². The van der Waals surface area contributed by atoms with E-state index in [0.717, 1.165) is 11.1 Å². The van der Waals surface area contributed by atoms with Crippen molar-refractivity contribution in [2.24, 2.45) is 0 Å². The first kappa shape index (κ1) is 13.6. The van der Waals surface area contributed by atoms with Gasteiger partial charge >= 0.3 is 0 Å². The highest BCUT2D eigenvalue weighted by molar-refractivity contribution is 7.91. The van der Waals surface area contributed by atoms with Crippen LogP contribution in [0.3, 0.4) is 0 Å². The summed E-state index contributed by atoms with van der Waals surface area (Å²) in [6.07, 6.45) is 1.33. The minimum Gasteiger partial charge on any atom is -0.443 e. The lowest BCUT2D eigenvalue weighted by atomic mass is 10.1. The molecule has 6 heteroatoms. The predicted octanol–water partition coefficient (Wildman–Crippen LogP) is 3.08. The lowest BCUT2D eigenvalue weighted by Gasteiger charge is -2.09. The van der Waals surface area contributed by atoms with Crippen molar-refractivity contribution >= 4 is 26.8 Å². The van der Waals surface area contributed by atoms with E-state index in [1.54, 1.807) is 18.2 Å². The smallest absolute Gasteiger partial charge is 0.236 e. The maximum absolute atomic E-state index is 12.2. The van der Waals surface area contributed by atoms with E-state index in [-0.39, 0.29) is 5.75 Å². The second-order valence-corrected chi connectivity index (χ2v) is 6.54. The summed E-state index contributed by atoms with van der Waals surface area (Å²) in [5, 5.41) is 0. The van der Waals surface area contributed by atoms with Crippen LogP contribution in [0.1, 0.15) is 11.1 Å². The molecule has 0 saturated heterocycles. The van der Waals surface area contributed by atoms with Crippen molar-refractivity contribution in [1.82, 2.24) is 4.98 Å². The number of benzene rings is 2. The average Bonchev–Trinajstić information content (AvgIpc) is 2.88. The molecular formula is C15H14N2O3S. The van der Waals surface area contributed by atoms with E-state index in [1.807, 2.05) is 31.2 Å². The van der Waals surface area contributed by atoms with E-state index in [0.29, 0.717) is 16.8 Å². The zero-order valence-corrected chi connectivity index (χ0v) is 12.2. The van der Waals surface area contributed by atoms with Gasteiger partial charge in [0.05, 0.1) is 11.4 Å². The van der Waals surface area contributed by atoms with Gasteiger partial charge in [-0.2, -0.15) is 0 Å². The van der Waals surface area contributed by atoms with Gasteiger partial charge in [0.15, 0.2) is 12.0 Å². The molecule has 1 aromatic heterocycles. The van der Waals surface area contributed by atoms with Crippen molar-refractivity contribution < 1.29 is 12.8 Å². The summed E-state index contributed by atoms with van der Waals surface area (Å²) < 4.78 is 32.2. The highest BCUT2D eigenvalue weighted by atomic mass is 32.2. The van der Waals surface area contributed by atoms with Crippen molar-refractivity contribution in [2.45, 2.75) is 12.7 Å². The molecule has 3 aromatic rings. The van der Waals surface area contributed by atoms with Crippen LogP contribution in [-0.4, -0.2) is 13.4 Å². The minimum atomic E-state index is -3.47. The molecule has 0 atom stereocenters. The molecule has 0 aliphatic carbocycles. The van der Waals surface area contributed by atoms with Gasteiger partial charge in [0, 0.05) is 0 Å². The summed E-state index contributed by atoms with van der Waals surface area (Å²) >= 11 is 0. The Bertz CT molecular complexity index is 885. The zero-order chi connectivity index (χ0) is 14.9. The highest BCUT2D eigenvalue weighted by Gasteiger charge is 2.13. The second kappa shape index (κ2) is 5.21.